The maximum absolute atomic E-state index is 12.5. The van der Waals surface area contributed by atoms with E-state index in [0.717, 1.165) is 11.3 Å². The molecule has 1 N–H and O–H groups in total. The van der Waals surface area contributed by atoms with Crippen molar-refractivity contribution in [3.05, 3.63) is 16.6 Å². The van der Waals surface area contributed by atoms with Crippen molar-refractivity contribution in [1.29, 1.82) is 0 Å². The third-order valence-corrected chi connectivity index (χ3v) is 4.11. The summed E-state index contributed by atoms with van der Waals surface area (Å²) in [5.41, 5.74) is 1.74. The fraction of sp³-hybridized carbons (Fsp3) is 0.615. The van der Waals surface area contributed by atoms with Crippen LogP contribution >= 0.6 is 11.3 Å². The number of nitrogens with one attached hydrogen (secondary N) is 1. The first-order chi connectivity index (χ1) is 9.17. The quantitative estimate of drug-likeness (QED) is 0.890. The van der Waals surface area contributed by atoms with E-state index in [1.54, 1.807) is 16.6 Å². The zero-order valence-corrected chi connectivity index (χ0v) is 12.1. The minimum Gasteiger partial charge on any atom is -0.343 e. The van der Waals surface area contributed by atoms with Gasteiger partial charge in [-0.15, -0.1) is 11.3 Å². The molecular weight excluding hydrogens is 262 g/mol. The standard InChI is InChI=1S/C13H19N3O2S/c1-3-5-10-13(18)16(7-9-6-14-8-19-9)11(4-2)12(17)15-10/h6,8,10-11H,3-5,7H2,1-2H3,(H,15,17). The highest BCUT2D eigenvalue weighted by molar-refractivity contribution is 7.09. The molecule has 2 unspecified atom stereocenters. The van der Waals surface area contributed by atoms with Crippen LogP contribution in [0.25, 0.3) is 0 Å². The molecule has 1 saturated heterocycles. The van der Waals surface area contributed by atoms with Crippen molar-refractivity contribution in [2.45, 2.75) is 51.7 Å². The molecule has 19 heavy (non-hydrogen) atoms. The van der Waals surface area contributed by atoms with Gasteiger partial charge in [0.15, 0.2) is 0 Å². The van der Waals surface area contributed by atoms with Gasteiger partial charge in [0, 0.05) is 11.1 Å². The van der Waals surface area contributed by atoms with Crippen molar-refractivity contribution < 1.29 is 9.59 Å². The summed E-state index contributed by atoms with van der Waals surface area (Å²) in [7, 11) is 0. The molecule has 0 spiro atoms. The number of carbonyl (C=O) groups excluding carboxylic acids is 2. The van der Waals surface area contributed by atoms with E-state index in [1.807, 2.05) is 13.8 Å². The van der Waals surface area contributed by atoms with Gasteiger partial charge in [0.2, 0.25) is 11.8 Å². The van der Waals surface area contributed by atoms with Crippen molar-refractivity contribution in [3.63, 3.8) is 0 Å². The largest absolute Gasteiger partial charge is 0.343 e. The van der Waals surface area contributed by atoms with Gasteiger partial charge in [0.25, 0.3) is 0 Å². The average Bonchev–Trinajstić information content (AvgIpc) is 2.89. The van der Waals surface area contributed by atoms with E-state index >= 15 is 0 Å². The second-order valence-corrected chi connectivity index (χ2v) is 5.68. The lowest BCUT2D eigenvalue weighted by Gasteiger charge is -2.38. The molecule has 2 amide bonds. The SMILES string of the molecule is CCCC1NC(=O)C(CC)N(Cc2cncs2)C1=O. The van der Waals surface area contributed by atoms with Crippen LogP contribution in [0.15, 0.2) is 11.7 Å². The molecule has 5 nitrogen and oxygen atoms in total. The van der Waals surface area contributed by atoms with E-state index < -0.39 is 0 Å². The first-order valence-corrected chi connectivity index (χ1v) is 7.53. The molecular formula is C13H19N3O2S. The lowest BCUT2D eigenvalue weighted by molar-refractivity contribution is -0.150. The van der Waals surface area contributed by atoms with E-state index in [0.29, 0.717) is 19.4 Å². The number of hydrogen-bond acceptors (Lipinski definition) is 4. The van der Waals surface area contributed by atoms with Crippen molar-refractivity contribution in [3.8, 4) is 0 Å². The smallest absolute Gasteiger partial charge is 0.246 e. The van der Waals surface area contributed by atoms with Gasteiger partial charge in [0.05, 0.1) is 12.1 Å². The van der Waals surface area contributed by atoms with Crippen LogP contribution in [0, 0.1) is 0 Å². The molecule has 1 aromatic rings. The third kappa shape index (κ3) is 2.94. The molecule has 0 aliphatic carbocycles. The fourth-order valence-corrected chi connectivity index (χ4v) is 2.98. The summed E-state index contributed by atoms with van der Waals surface area (Å²) in [6, 6.07) is -0.726. The Morgan fingerprint density at radius 2 is 2.21 bits per heavy atom. The van der Waals surface area contributed by atoms with E-state index in [2.05, 4.69) is 10.3 Å². The number of piperazine rings is 1. The topological polar surface area (TPSA) is 62.3 Å². The maximum Gasteiger partial charge on any atom is 0.246 e. The highest BCUT2D eigenvalue weighted by atomic mass is 32.1. The van der Waals surface area contributed by atoms with Gasteiger partial charge in [0.1, 0.15) is 12.1 Å². The van der Waals surface area contributed by atoms with E-state index in [9.17, 15) is 9.59 Å². The number of nitrogens with zero attached hydrogens (tertiary/aromatic N) is 2. The van der Waals surface area contributed by atoms with Crippen LogP contribution in [0.3, 0.4) is 0 Å². The van der Waals surface area contributed by atoms with Gasteiger partial charge < -0.3 is 10.2 Å². The molecule has 2 rings (SSSR count). The normalized spacial score (nSPS) is 23.6. The molecule has 1 fully saturated rings. The summed E-state index contributed by atoms with van der Waals surface area (Å²) in [4.78, 5) is 31.3. The van der Waals surface area contributed by atoms with Gasteiger partial charge >= 0.3 is 0 Å². The second-order valence-electron chi connectivity index (χ2n) is 4.71. The molecule has 1 aromatic heterocycles. The van der Waals surface area contributed by atoms with Gasteiger partial charge in [-0.25, -0.2) is 0 Å². The van der Waals surface area contributed by atoms with Crippen LogP contribution in [0.4, 0.5) is 0 Å². The first kappa shape index (κ1) is 14.0. The number of hydrogen-bond donors (Lipinski definition) is 1. The summed E-state index contributed by atoms with van der Waals surface area (Å²) in [5, 5.41) is 2.84. The van der Waals surface area contributed by atoms with Gasteiger partial charge in [-0.3, -0.25) is 14.6 Å². The molecule has 2 heterocycles. The van der Waals surface area contributed by atoms with Gasteiger partial charge in [-0.05, 0) is 12.8 Å². The summed E-state index contributed by atoms with van der Waals surface area (Å²) in [6.07, 6.45) is 3.96. The van der Waals surface area contributed by atoms with Crippen LogP contribution < -0.4 is 5.32 Å². The molecule has 1 aliphatic heterocycles. The minimum absolute atomic E-state index is 0.0294. The third-order valence-electron chi connectivity index (χ3n) is 3.35. The molecule has 0 saturated carbocycles. The van der Waals surface area contributed by atoms with Gasteiger partial charge in [-0.1, -0.05) is 20.3 Å². The minimum atomic E-state index is -0.367. The Balaban J connectivity index is 2.18. The molecule has 104 valence electrons. The van der Waals surface area contributed by atoms with Crippen molar-refractivity contribution in [2.75, 3.05) is 0 Å². The predicted octanol–water partition coefficient (Wildman–Crippen LogP) is 1.55. The molecule has 0 bridgehead atoms. The lowest BCUT2D eigenvalue weighted by atomic mass is 10.0. The second kappa shape index (κ2) is 6.14. The molecule has 1 aliphatic rings. The highest BCUT2D eigenvalue weighted by Crippen LogP contribution is 2.20. The van der Waals surface area contributed by atoms with Crippen LogP contribution in [0.5, 0.6) is 0 Å². The van der Waals surface area contributed by atoms with E-state index in [4.69, 9.17) is 0 Å². The van der Waals surface area contributed by atoms with Crippen molar-refractivity contribution >= 4 is 23.2 Å². The molecule has 0 aromatic carbocycles. The maximum atomic E-state index is 12.5. The average molecular weight is 281 g/mol. The monoisotopic (exact) mass is 281 g/mol. The first-order valence-electron chi connectivity index (χ1n) is 6.65. The zero-order chi connectivity index (χ0) is 13.8. The summed E-state index contributed by atoms with van der Waals surface area (Å²) in [5.74, 6) is -0.00762. The Hall–Kier alpha value is -1.43. The Morgan fingerprint density at radius 1 is 1.42 bits per heavy atom. The number of rotatable bonds is 5. The molecule has 2 atom stereocenters. The summed E-state index contributed by atoms with van der Waals surface area (Å²) < 4.78 is 0. The summed E-state index contributed by atoms with van der Waals surface area (Å²) in [6.45, 7) is 4.42. The predicted molar refractivity (Wildman–Crippen MR) is 73.6 cm³/mol. The molecule has 6 heteroatoms. The number of thiazole rings is 1. The van der Waals surface area contributed by atoms with Gasteiger partial charge in [-0.2, -0.15) is 0 Å². The van der Waals surface area contributed by atoms with Crippen molar-refractivity contribution in [2.24, 2.45) is 0 Å². The van der Waals surface area contributed by atoms with Crippen LogP contribution in [0.1, 0.15) is 38.0 Å². The zero-order valence-electron chi connectivity index (χ0n) is 11.3. The lowest BCUT2D eigenvalue weighted by Crippen LogP contribution is -2.62. The van der Waals surface area contributed by atoms with Crippen LogP contribution in [-0.2, 0) is 16.1 Å². The fourth-order valence-electron chi connectivity index (χ4n) is 2.39. The molecule has 0 radical (unpaired) electrons. The Labute approximate surface area is 117 Å². The number of amides is 2. The Morgan fingerprint density at radius 3 is 2.79 bits per heavy atom. The highest BCUT2D eigenvalue weighted by Gasteiger charge is 2.39. The Bertz CT molecular complexity index is 447. The Kier molecular flexibility index (Phi) is 4.52. The van der Waals surface area contributed by atoms with E-state index in [1.165, 1.54) is 11.3 Å². The van der Waals surface area contributed by atoms with Crippen molar-refractivity contribution in [1.82, 2.24) is 15.2 Å². The van der Waals surface area contributed by atoms with Crippen LogP contribution in [0.2, 0.25) is 0 Å². The summed E-state index contributed by atoms with van der Waals surface area (Å²) >= 11 is 1.51. The van der Waals surface area contributed by atoms with E-state index in [-0.39, 0.29) is 23.9 Å². The van der Waals surface area contributed by atoms with Crippen LogP contribution in [-0.4, -0.2) is 33.8 Å². The number of aromatic nitrogens is 1. The number of carbonyl (C=O) groups is 2.